The molecule has 2 N–H and O–H groups in total. The maximum atomic E-state index is 12.9. The van der Waals surface area contributed by atoms with Crippen molar-refractivity contribution in [1.29, 1.82) is 0 Å². The fourth-order valence-electron chi connectivity index (χ4n) is 2.91. The second kappa shape index (κ2) is 5.96. The Labute approximate surface area is 137 Å². The van der Waals surface area contributed by atoms with Crippen LogP contribution in [0.25, 0.3) is 11.3 Å². The van der Waals surface area contributed by atoms with Gasteiger partial charge in [-0.2, -0.15) is 10.1 Å². The third kappa shape index (κ3) is 2.95. The summed E-state index contributed by atoms with van der Waals surface area (Å²) in [5, 5.41) is 2.26. The van der Waals surface area contributed by atoms with Crippen LogP contribution in [0.5, 0.6) is 5.88 Å². The Morgan fingerprint density at radius 3 is 2.58 bits per heavy atom. The van der Waals surface area contributed by atoms with E-state index >= 15 is 0 Å². The van der Waals surface area contributed by atoms with Gasteiger partial charge in [0.25, 0.3) is 5.56 Å². The van der Waals surface area contributed by atoms with E-state index in [1.165, 1.54) is 18.2 Å². The highest BCUT2D eigenvalue weighted by molar-refractivity contribution is 5.54. The number of rotatable bonds is 4. The van der Waals surface area contributed by atoms with Crippen molar-refractivity contribution < 1.29 is 18.6 Å². The molecule has 0 amide bonds. The molecule has 2 aromatic heterocycles. The molecule has 2 heterocycles. The molecule has 1 aliphatic carbocycles. The van der Waals surface area contributed by atoms with Crippen molar-refractivity contribution in [1.82, 2.24) is 5.16 Å². The van der Waals surface area contributed by atoms with E-state index in [-0.39, 0.29) is 17.5 Å². The van der Waals surface area contributed by atoms with Crippen LogP contribution in [0.15, 0.2) is 58.0 Å². The van der Waals surface area contributed by atoms with E-state index in [1.54, 1.807) is 6.20 Å². The molecule has 0 unspecified atom stereocenters. The Kier molecular flexibility index (Phi) is 3.65. The number of nitrogens with one attached hydrogen (secondary N) is 2. The van der Waals surface area contributed by atoms with Crippen LogP contribution < -0.4 is 15.3 Å². The van der Waals surface area contributed by atoms with Crippen molar-refractivity contribution in [2.75, 3.05) is 0 Å². The Hall–Kier alpha value is -2.89. The molecule has 1 aliphatic rings. The Balaban J connectivity index is 1.35. The van der Waals surface area contributed by atoms with E-state index in [0.717, 1.165) is 24.0 Å². The fourth-order valence-corrected chi connectivity index (χ4v) is 2.91. The molecule has 0 saturated heterocycles. The van der Waals surface area contributed by atoms with Crippen molar-refractivity contribution in [3.8, 4) is 17.2 Å². The molecule has 1 fully saturated rings. The minimum absolute atomic E-state index is 0.146. The highest BCUT2D eigenvalue weighted by Gasteiger charge is 2.33. The first-order valence-electron chi connectivity index (χ1n) is 7.80. The lowest BCUT2D eigenvalue weighted by Gasteiger charge is -2.34. The Morgan fingerprint density at radius 2 is 1.96 bits per heavy atom. The molecule has 5 nitrogen and oxygen atoms in total. The van der Waals surface area contributed by atoms with Crippen LogP contribution in [-0.4, -0.2) is 11.3 Å². The van der Waals surface area contributed by atoms with Crippen LogP contribution in [-0.2, 0) is 0 Å². The number of halogens is 1. The molecule has 4 rings (SSSR count). The van der Waals surface area contributed by atoms with Gasteiger partial charge in [0.05, 0.1) is 17.7 Å². The highest BCUT2D eigenvalue weighted by atomic mass is 19.1. The molecule has 0 spiro atoms. The number of hydrogen-bond acceptors (Lipinski definition) is 3. The van der Waals surface area contributed by atoms with Gasteiger partial charge in [-0.25, -0.2) is 4.39 Å². The number of benzene rings is 1. The first-order valence-corrected chi connectivity index (χ1v) is 7.80. The van der Waals surface area contributed by atoms with E-state index in [9.17, 15) is 9.18 Å². The number of ether oxygens (including phenoxy) is 1. The van der Waals surface area contributed by atoms with Gasteiger partial charge in [0.1, 0.15) is 11.9 Å². The SMILES string of the molecule is O=c1cc(-c2ccc(OC3CC(c4ccc(F)cc4)C3)[nH+]c2)o[nH]1. The Bertz CT molecular complexity index is 878. The summed E-state index contributed by atoms with van der Waals surface area (Å²) < 4.78 is 23.9. The molecule has 24 heavy (non-hydrogen) atoms. The number of aromatic nitrogens is 2. The van der Waals surface area contributed by atoms with E-state index in [1.807, 2.05) is 24.3 Å². The predicted octanol–water partition coefficient (Wildman–Crippen LogP) is 2.91. The lowest BCUT2D eigenvalue weighted by atomic mass is 9.77. The van der Waals surface area contributed by atoms with Gasteiger partial charge in [-0.05, 0) is 42.5 Å². The van der Waals surface area contributed by atoms with Gasteiger partial charge in [-0.3, -0.25) is 4.79 Å². The largest absolute Gasteiger partial charge is 0.441 e. The quantitative estimate of drug-likeness (QED) is 0.801. The van der Waals surface area contributed by atoms with Crippen molar-refractivity contribution >= 4 is 0 Å². The summed E-state index contributed by atoms with van der Waals surface area (Å²) in [5.41, 5.74) is 1.64. The van der Waals surface area contributed by atoms with Crippen LogP contribution in [0.2, 0.25) is 0 Å². The van der Waals surface area contributed by atoms with Crippen LogP contribution in [0.4, 0.5) is 4.39 Å². The third-order valence-electron chi connectivity index (χ3n) is 4.32. The van der Waals surface area contributed by atoms with Gasteiger partial charge in [-0.1, -0.05) is 12.1 Å². The van der Waals surface area contributed by atoms with Crippen molar-refractivity contribution in [3.63, 3.8) is 0 Å². The van der Waals surface area contributed by atoms with E-state index in [4.69, 9.17) is 9.26 Å². The standard InChI is InChI=1S/C18H15FN2O3/c19-14-4-1-11(2-5-14)13-7-15(8-13)23-18-6-3-12(10-20-18)16-9-17(22)21-24-16/h1-6,9-10,13,15H,7-8H2,(H,21,22)/p+1. The Morgan fingerprint density at radius 1 is 1.17 bits per heavy atom. The van der Waals surface area contributed by atoms with Gasteiger partial charge in [0.2, 0.25) is 0 Å². The smallest absolute Gasteiger partial charge is 0.366 e. The molecule has 0 radical (unpaired) electrons. The highest BCUT2D eigenvalue weighted by Crippen LogP contribution is 2.38. The zero-order valence-electron chi connectivity index (χ0n) is 12.8. The third-order valence-corrected chi connectivity index (χ3v) is 4.32. The van der Waals surface area contributed by atoms with Crippen molar-refractivity contribution in [2.24, 2.45) is 0 Å². The van der Waals surface area contributed by atoms with E-state index < -0.39 is 0 Å². The molecule has 122 valence electrons. The molecule has 1 saturated carbocycles. The van der Waals surface area contributed by atoms with Crippen LogP contribution in [0.1, 0.15) is 24.3 Å². The van der Waals surface area contributed by atoms with Gasteiger partial charge in [0, 0.05) is 0 Å². The predicted molar refractivity (Wildman–Crippen MR) is 84.1 cm³/mol. The normalized spacial score (nSPS) is 19.7. The van der Waals surface area contributed by atoms with Gasteiger partial charge in [0.15, 0.2) is 12.0 Å². The molecule has 1 aromatic carbocycles. The topological polar surface area (TPSA) is 69.4 Å². The summed E-state index contributed by atoms with van der Waals surface area (Å²) in [6.07, 6.45) is 3.70. The summed E-state index contributed by atoms with van der Waals surface area (Å²) in [4.78, 5) is 14.1. The minimum Gasteiger partial charge on any atom is -0.441 e. The second-order valence-corrected chi connectivity index (χ2v) is 5.98. The van der Waals surface area contributed by atoms with Crippen LogP contribution in [0.3, 0.4) is 0 Å². The van der Waals surface area contributed by atoms with Crippen molar-refractivity contribution in [2.45, 2.75) is 24.9 Å². The minimum atomic E-state index is -0.272. The maximum Gasteiger partial charge on any atom is 0.366 e. The lowest BCUT2D eigenvalue weighted by Crippen LogP contribution is -2.33. The van der Waals surface area contributed by atoms with Crippen molar-refractivity contribution in [3.05, 3.63) is 70.4 Å². The van der Waals surface area contributed by atoms with Gasteiger partial charge >= 0.3 is 5.88 Å². The molecule has 6 heteroatoms. The zero-order valence-corrected chi connectivity index (χ0v) is 12.8. The summed E-state index contributed by atoms with van der Waals surface area (Å²) in [6, 6.07) is 11.7. The number of aromatic amines is 2. The zero-order chi connectivity index (χ0) is 16.5. The monoisotopic (exact) mass is 327 g/mol. The van der Waals surface area contributed by atoms with E-state index in [0.29, 0.717) is 17.6 Å². The van der Waals surface area contributed by atoms with Crippen LogP contribution in [0, 0.1) is 5.82 Å². The average Bonchev–Trinajstić information content (AvgIpc) is 2.99. The van der Waals surface area contributed by atoms with Gasteiger partial charge in [-0.15, -0.1) is 0 Å². The molecule has 0 bridgehead atoms. The maximum absolute atomic E-state index is 12.9. The number of pyridine rings is 1. The molecule has 0 aliphatic heterocycles. The summed E-state index contributed by atoms with van der Waals surface area (Å²) in [5.74, 6) is 1.35. The fraction of sp³-hybridized carbons (Fsp3) is 0.222. The lowest BCUT2D eigenvalue weighted by molar-refractivity contribution is -0.397. The summed E-state index contributed by atoms with van der Waals surface area (Å²) in [6.45, 7) is 0. The molecular formula is C18H16FN2O3+. The number of hydrogen-bond donors (Lipinski definition) is 1. The first-order chi connectivity index (χ1) is 11.7. The first kappa shape index (κ1) is 14.7. The molecule has 0 atom stereocenters. The van der Waals surface area contributed by atoms with E-state index in [2.05, 4.69) is 10.1 Å². The molecule has 3 aromatic rings. The van der Waals surface area contributed by atoms with Crippen LogP contribution >= 0.6 is 0 Å². The second-order valence-electron chi connectivity index (χ2n) is 5.98. The summed E-state index contributed by atoms with van der Waals surface area (Å²) >= 11 is 0. The molecular weight excluding hydrogens is 311 g/mol. The average molecular weight is 327 g/mol. The number of H-pyrrole nitrogens is 2. The summed E-state index contributed by atoms with van der Waals surface area (Å²) in [7, 11) is 0. The van der Waals surface area contributed by atoms with Gasteiger partial charge < -0.3 is 9.26 Å².